The molecule has 2 amide bonds. The summed E-state index contributed by atoms with van der Waals surface area (Å²) in [5, 5.41) is 14.4. The number of halogens is 1. The number of fused-ring (bicyclic) bond motifs is 4. The molecule has 5 rings (SSSR count). The molecule has 1 saturated heterocycles. The molecule has 3 heterocycles. The summed E-state index contributed by atoms with van der Waals surface area (Å²) < 4.78 is 5.17. The number of aromatic nitrogens is 1. The number of rotatable bonds is 4. The fourth-order valence-corrected chi connectivity index (χ4v) is 5.61. The van der Waals surface area contributed by atoms with Crippen LogP contribution in [0.3, 0.4) is 0 Å². The minimum atomic E-state index is -0.207. The van der Waals surface area contributed by atoms with Crippen molar-refractivity contribution in [3.63, 3.8) is 0 Å². The topological polar surface area (TPSA) is 112 Å². The molecule has 0 saturated carbocycles. The third-order valence-corrected chi connectivity index (χ3v) is 8.21. The highest BCUT2D eigenvalue weighted by molar-refractivity contribution is 6.45. The number of benzene rings is 2. The molecule has 2 aliphatic rings. The molecule has 4 bridgehead atoms. The second-order valence-corrected chi connectivity index (χ2v) is 11.7. The Bertz CT molecular complexity index is 1570. The molecule has 3 aromatic rings. The standard InChI is InChI=1S/C32H37ClN6O3.C3H6/c1-5-27(33)30-35-21(4)34-25-8-6-7-22(17-25)9-10-24-18-26(36-30)11-12-28(24)37-31(40)23-13-15-39(16-14-23)32(41)29-19(2)38-42-20(29)3;1-3-2/h5-8,11-12,17-18,21,23,34H,9-10,13-16H2,1-4H3,(H,35,36)(H,37,40);3H,1H2,2H3/b27-5+;. The fraction of sp³-hybridized carbons (Fsp3) is 0.371. The number of piperidine rings is 1. The number of likely N-dealkylation sites (tertiary alicyclic amines) is 1. The first-order chi connectivity index (χ1) is 21.6. The van der Waals surface area contributed by atoms with E-state index in [1.54, 1.807) is 24.8 Å². The van der Waals surface area contributed by atoms with Gasteiger partial charge in [0.15, 0.2) is 0 Å². The summed E-state index contributed by atoms with van der Waals surface area (Å²) in [6.07, 6.45) is 6.08. The van der Waals surface area contributed by atoms with Gasteiger partial charge in [0.1, 0.15) is 23.3 Å². The van der Waals surface area contributed by atoms with Crippen LogP contribution in [0.4, 0.5) is 17.1 Å². The Morgan fingerprint density at radius 1 is 1.09 bits per heavy atom. The average molecular weight is 631 g/mol. The molecule has 0 spiro atoms. The first-order valence-corrected chi connectivity index (χ1v) is 15.8. The Morgan fingerprint density at radius 2 is 1.82 bits per heavy atom. The van der Waals surface area contributed by atoms with Gasteiger partial charge in [0.2, 0.25) is 5.91 Å². The minimum Gasteiger partial charge on any atom is -0.364 e. The molecular formula is C35H43ClN6O3. The number of nitrogens with zero attached hydrogens (tertiary/aromatic N) is 3. The van der Waals surface area contributed by atoms with E-state index >= 15 is 0 Å². The van der Waals surface area contributed by atoms with E-state index in [0.717, 1.165) is 35.5 Å². The summed E-state index contributed by atoms with van der Waals surface area (Å²) in [4.78, 5) is 33.0. The SMILES string of the molecule is C/C=C(Cl)\C1=N/C(C)Nc2cccc(c2)CCc2cc(ccc2NC(=O)C2CCN(C(=O)c3c(C)noc3C)CC2)N1.C=CC. The highest BCUT2D eigenvalue weighted by atomic mass is 35.5. The first-order valence-electron chi connectivity index (χ1n) is 15.4. The lowest BCUT2D eigenvalue weighted by Gasteiger charge is -2.31. The van der Waals surface area contributed by atoms with Gasteiger partial charge < -0.3 is 25.4 Å². The zero-order valence-electron chi connectivity index (χ0n) is 26.7. The number of aryl methyl sites for hydroxylation is 4. The van der Waals surface area contributed by atoms with Crippen LogP contribution in [-0.2, 0) is 17.6 Å². The lowest BCUT2D eigenvalue weighted by Crippen LogP contribution is -2.41. The number of aliphatic imine (C=N–C) groups is 1. The highest BCUT2D eigenvalue weighted by Crippen LogP contribution is 2.28. The van der Waals surface area contributed by atoms with Gasteiger partial charge in [-0.3, -0.25) is 9.59 Å². The van der Waals surface area contributed by atoms with Crippen LogP contribution in [0.1, 0.15) is 66.6 Å². The van der Waals surface area contributed by atoms with Crippen molar-refractivity contribution in [1.29, 1.82) is 0 Å². The maximum Gasteiger partial charge on any atom is 0.259 e. The predicted octanol–water partition coefficient (Wildman–Crippen LogP) is 7.48. The molecule has 9 nitrogen and oxygen atoms in total. The fourth-order valence-electron chi connectivity index (χ4n) is 5.52. The lowest BCUT2D eigenvalue weighted by atomic mass is 9.94. The molecule has 0 radical (unpaired) electrons. The van der Waals surface area contributed by atoms with Gasteiger partial charge in [-0.2, -0.15) is 0 Å². The van der Waals surface area contributed by atoms with Crippen molar-refractivity contribution >= 4 is 46.3 Å². The summed E-state index contributed by atoms with van der Waals surface area (Å²) in [6.45, 7) is 13.6. The number of anilines is 3. The highest BCUT2D eigenvalue weighted by Gasteiger charge is 2.30. The van der Waals surface area contributed by atoms with E-state index in [4.69, 9.17) is 21.1 Å². The molecule has 0 aliphatic carbocycles. The maximum atomic E-state index is 13.4. The number of amides is 2. The van der Waals surface area contributed by atoms with Crippen LogP contribution in [0, 0.1) is 19.8 Å². The van der Waals surface area contributed by atoms with E-state index in [1.807, 2.05) is 51.1 Å². The number of amidine groups is 1. The summed E-state index contributed by atoms with van der Waals surface area (Å²) in [5.41, 5.74) is 5.92. The molecule has 1 unspecified atom stereocenters. The summed E-state index contributed by atoms with van der Waals surface area (Å²) in [6, 6.07) is 14.2. The average Bonchev–Trinajstić information content (AvgIpc) is 3.37. The quantitative estimate of drug-likeness (QED) is 0.258. The van der Waals surface area contributed by atoms with Crippen LogP contribution < -0.4 is 16.0 Å². The van der Waals surface area contributed by atoms with Crippen LogP contribution in [0.15, 0.2) is 75.7 Å². The van der Waals surface area contributed by atoms with Crippen molar-refractivity contribution in [1.82, 2.24) is 10.1 Å². The Balaban J connectivity index is 0.00000148. The van der Waals surface area contributed by atoms with E-state index in [0.29, 0.717) is 53.8 Å². The summed E-state index contributed by atoms with van der Waals surface area (Å²) in [5.74, 6) is 0.783. The van der Waals surface area contributed by atoms with Crippen molar-refractivity contribution in [3.8, 4) is 0 Å². The number of carbonyl (C=O) groups is 2. The van der Waals surface area contributed by atoms with E-state index in [-0.39, 0.29) is 23.9 Å². The van der Waals surface area contributed by atoms with Crippen LogP contribution in [0.5, 0.6) is 0 Å². The Hall–Kier alpha value is -4.37. The Kier molecular flexibility index (Phi) is 11.6. The van der Waals surface area contributed by atoms with Crippen LogP contribution in [-0.4, -0.2) is 47.0 Å². The van der Waals surface area contributed by atoms with Gasteiger partial charge in [-0.05, 0) is 102 Å². The van der Waals surface area contributed by atoms with Gasteiger partial charge in [0.05, 0.1) is 10.7 Å². The van der Waals surface area contributed by atoms with Gasteiger partial charge in [0.25, 0.3) is 5.91 Å². The van der Waals surface area contributed by atoms with Gasteiger partial charge in [0, 0.05) is 36.1 Å². The second kappa shape index (κ2) is 15.6. The monoisotopic (exact) mass is 630 g/mol. The van der Waals surface area contributed by atoms with E-state index in [1.165, 1.54) is 5.56 Å². The van der Waals surface area contributed by atoms with Crippen LogP contribution in [0.25, 0.3) is 0 Å². The molecule has 1 aromatic heterocycles. The number of carbonyl (C=O) groups excluding carboxylic acids is 2. The van der Waals surface area contributed by atoms with Crippen molar-refractivity contribution in [2.24, 2.45) is 10.9 Å². The summed E-state index contributed by atoms with van der Waals surface area (Å²) >= 11 is 6.52. The van der Waals surface area contributed by atoms with Gasteiger partial charge in [-0.25, -0.2) is 4.99 Å². The third-order valence-electron chi connectivity index (χ3n) is 7.81. The number of hydrogen-bond acceptors (Lipinski definition) is 7. The zero-order valence-corrected chi connectivity index (χ0v) is 27.5. The predicted molar refractivity (Wildman–Crippen MR) is 183 cm³/mol. The normalized spacial score (nSPS) is 18.3. The van der Waals surface area contributed by atoms with E-state index < -0.39 is 0 Å². The van der Waals surface area contributed by atoms with Crippen LogP contribution in [0.2, 0.25) is 0 Å². The number of nitrogens with one attached hydrogen (secondary N) is 3. The third kappa shape index (κ3) is 8.63. The number of allylic oxidation sites excluding steroid dienone is 2. The second-order valence-electron chi connectivity index (χ2n) is 11.3. The molecule has 3 N–H and O–H groups in total. The summed E-state index contributed by atoms with van der Waals surface area (Å²) in [7, 11) is 0. The molecule has 1 atom stereocenters. The van der Waals surface area contributed by atoms with Crippen molar-refractivity contribution < 1.29 is 14.1 Å². The van der Waals surface area contributed by atoms with Gasteiger partial charge in [-0.1, -0.05) is 41.0 Å². The largest absolute Gasteiger partial charge is 0.364 e. The van der Waals surface area contributed by atoms with E-state index in [9.17, 15) is 9.59 Å². The van der Waals surface area contributed by atoms with Crippen molar-refractivity contribution in [2.45, 2.75) is 66.5 Å². The lowest BCUT2D eigenvalue weighted by molar-refractivity contribution is -0.121. The molecule has 1 fully saturated rings. The number of hydrogen-bond donors (Lipinski definition) is 3. The molecule has 2 aromatic carbocycles. The molecule has 45 heavy (non-hydrogen) atoms. The van der Waals surface area contributed by atoms with Crippen LogP contribution >= 0.6 is 11.6 Å². The Morgan fingerprint density at radius 3 is 2.49 bits per heavy atom. The zero-order chi connectivity index (χ0) is 32.5. The van der Waals surface area contributed by atoms with Gasteiger partial charge >= 0.3 is 0 Å². The molecule has 238 valence electrons. The van der Waals surface area contributed by atoms with Crippen molar-refractivity contribution in [2.75, 3.05) is 29.0 Å². The molecular weight excluding hydrogens is 588 g/mol. The maximum absolute atomic E-state index is 13.4. The first kappa shape index (κ1) is 33.5. The van der Waals surface area contributed by atoms with E-state index in [2.05, 4.69) is 45.9 Å². The molecule has 10 heteroatoms. The molecule has 2 aliphatic heterocycles. The Labute approximate surface area is 270 Å². The smallest absolute Gasteiger partial charge is 0.259 e. The van der Waals surface area contributed by atoms with Crippen molar-refractivity contribution in [3.05, 3.63) is 94.4 Å². The van der Waals surface area contributed by atoms with Gasteiger partial charge in [-0.15, -0.1) is 6.58 Å². The minimum absolute atomic E-state index is 0.0291.